The molecule has 6 fully saturated rings. The lowest BCUT2D eigenvalue weighted by Crippen LogP contribution is -2.33. The van der Waals surface area contributed by atoms with Crippen molar-refractivity contribution >= 4 is 81.2 Å². The largest absolute Gasteiger partial charge is 0.478 e. The third-order valence-corrected chi connectivity index (χ3v) is 17.3. The highest BCUT2D eigenvalue weighted by atomic mass is 16.6. The number of anilines is 4. The van der Waals surface area contributed by atoms with E-state index in [1.165, 1.54) is 37.9 Å². The average Bonchev–Trinajstić information content (AvgIpc) is 1.74. The molecular formula is C63H81N13O9. The van der Waals surface area contributed by atoms with Gasteiger partial charge in [0.25, 0.3) is 17.7 Å². The van der Waals surface area contributed by atoms with Crippen molar-refractivity contribution in [3.05, 3.63) is 83.7 Å². The van der Waals surface area contributed by atoms with Gasteiger partial charge in [-0.05, 0) is 147 Å². The molecule has 4 unspecified atom stereocenters. The molecule has 6 aliphatic rings. The fraction of sp³-hybridized carbons (Fsp3) is 0.556. The first-order valence-electron chi connectivity index (χ1n) is 29.9. The van der Waals surface area contributed by atoms with Gasteiger partial charge in [0.2, 0.25) is 11.9 Å². The Balaban J connectivity index is 0.000000160. The van der Waals surface area contributed by atoms with Gasteiger partial charge in [0.05, 0.1) is 24.0 Å². The Kier molecular flexibility index (Phi) is 16.8. The number of nitrogens with zero attached hydrogens (tertiary/aromatic N) is 11. The Labute approximate surface area is 495 Å². The number of aromatic carboxylic acids is 1. The molecule has 22 nitrogen and oxygen atoms in total. The van der Waals surface area contributed by atoms with E-state index in [9.17, 15) is 28.8 Å². The number of carbonyl (C=O) groups excluding carboxylic acids is 5. The zero-order valence-corrected chi connectivity index (χ0v) is 50.7. The van der Waals surface area contributed by atoms with Gasteiger partial charge in [0, 0.05) is 94.3 Å². The molecule has 0 aromatic carbocycles. The van der Waals surface area contributed by atoms with Gasteiger partial charge >= 0.3 is 17.9 Å². The lowest BCUT2D eigenvalue weighted by atomic mass is 9.99. The van der Waals surface area contributed by atoms with Crippen LogP contribution in [0.15, 0.2) is 61.2 Å². The summed E-state index contributed by atoms with van der Waals surface area (Å²) in [6.07, 6.45) is 22.0. The molecule has 3 amide bonds. The lowest BCUT2D eigenvalue weighted by molar-refractivity contribution is -0.157. The fourth-order valence-electron chi connectivity index (χ4n) is 13.1. The summed E-state index contributed by atoms with van der Waals surface area (Å²) in [5.74, 6) is 1.42. The minimum atomic E-state index is -1.03. The Hall–Kier alpha value is -8.04. The number of hydrogen-bond donors (Lipinski definition) is 3. The van der Waals surface area contributed by atoms with Crippen LogP contribution in [0.3, 0.4) is 0 Å². The number of rotatable bonds is 14. The van der Waals surface area contributed by atoms with Crippen molar-refractivity contribution in [2.24, 2.45) is 22.7 Å². The number of carbonyl (C=O) groups is 6. The number of nitrogens with one attached hydrogen (secondary N) is 2. The maximum Gasteiger partial charge on any atom is 0.337 e. The monoisotopic (exact) mass is 1160 g/mol. The highest BCUT2D eigenvalue weighted by Gasteiger charge is 2.62. The molecular weight excluding hydrogens is 1080 g/mol. The van der Waals surface area contributed by atoms with Crippen LogP contribution in [-0.4, -0.2) is 147 Å². The first kappa shape index (κ1) is 60.1. The number of aromatic nitrogens is 8. The zero-order chi connectivity index (χ0) is 60.8. The van der Waals surface area contributed by atoms with E-state index >= 15 is 0 Å². The molecule has 12 rings (SSSR count). The smallest absolute Gasteiger partial charge is 0.337 e. The third kappa shape index (κ3) is 13.7. The maximum absolute atomic E-state index is 13.2. The van der Waals surface area contributed by atoms with Crippen molar-refractivity contribution in [1.82, 2.24) is 53.7 Å². The van der Waals surface area contributed by atoms with Crippen molar-refractivity contribution in [3.63, 3.8) is 0 Å². The molecule has 22 heteroatoms. The summed E-state index contributed by atoms with van der Waals surface area (Å²) >= 11 is 0. The standard InChI is InChI=1S/C31H39N7O4.C20H22N6O3.C12H20O2/c1-30(2,3)42-25(39)14-31-13-21(31)17-37(18-31)27(40)19-10-11-24(32-15-19)34-29-33-16-20-12-23(28(41)36(4)5)38(26(20)35-29)22-8-6-7-9-22;1-25(2)18(27)15-9-13-11-22-20(23-16-8-7-12(10-21-16)19(28)29)24-17(13)26(15)14-5-3-4-6-14;1-11(2,3)14-10(13)8-12-6-4-5-9(12)7-12/h10-12,15-16,21-22H,6-9,13-14,17-18H2,1-5H3,(H,32,33,34,35);7-11,14H,3-6H2,1-2H3,(H,28,29)(H,21,22,23,24);9H,4-8H2,1-3H3. The first-order valence-corrected chi connectivity index (χ1v) is 29.9. The van der Waals surface area contributed by atoms with Crippen molar-refractivity contribution in [2.75, 3.05) is 51.9 Å². The Morgan fingerprint density at radius 2 is 1.06 bits per heavy atom. The number of ether oxygens (including phenoxy) is 2. The van der Waals surface area contributed by atoms with E-state index in [2.05, 4.69) is 40.1 Å². The molecule has 4 atom stereocenters. The summed E-state index contributed by atoms with van der Waals surface area (Å²) in [7, 11) is 6.99. The summed E-state index contributed by atoms with van der Waals surface area (Å²) in [6.45, 7) is 12.6. The number of amides is 3. The number of hydrogen-bond acceptors (Lipinski definition) is 16. The molecule has 1 saturated heterocycles. The number of pyridine rings is 2. The second kappa shape index (κ2) is 23.8. The first-order chi connectivity index (χ1) is 40.3. The number of esters is 2. The summed E-state index contributed by atoms with van der Waals surface area (Å²) in [5.41, 5.74) is 2.66. The number of fused-ring (bicyclic) bond motifs is 4. The van der Waals surface area contributed by atoms with E-state index in [1.807, 2.05) is 63.1 Å². The molecule has 6 aromatic rings. The Morgan fingerprint density at radius 1 is 0.600 bits per heavy atom. The van der Waals surface area contributed by atoms with Gasteiger partial charge in [-0.25, -0.2) is 24.7 Å². The summed E-state index contributed by atoms with van der Waals surface area (Å²) in [4.78, 5) is 106. The quantitative estimate of drug-likeness (QED) is 0.0856. The van der Waals surface area contributed by atoms with Crippen molar-refractivity contribution in [1.29, 1.82) is 0 Å². The predicted octanol–water partition coefficient (Wildman–Crippen LogP) is 10.6. The molecule has 452 valence electrons. The minimum Gasteiger partial charge on any atom is -0.478 e. The van der Waals surface area contributed by atoms with Crippen LogP contribution in [0.2, 0.25) is 0 Å². The van der Waals surface area contributed by atoms with Crippen molar-refractivity contribution < 1.29 is 43.3 Å². The van der Waals surface area contributed by atoms with Crippen LogP contribution in [0.25, 0.3) is 22.1 Å². The van der Waals surface area contributed by atoms with Gasteiger partial charge in [-0.3, -0.25) is 24.0 Å². The van der Waals surface area contributed by atoms with Crippen molar-refractivity contribution in [3.8, 4) is 0 Å². The number of piperidine rings is 1. The molecule has 5 aliphatic carbocycles. The van der Waals surface area contributed by atoms with Gasteiger partial charge in [0.1, 0.15) is 45.5 Å². The van der Waals surface area contributed by atoms with Crippen LogP contribution in [0.5, 0.6) is 0 Å². The molecule has 0 spiro atoms. The Bertz CT molecular complexity index is 3500. The van der Waals surface area contributed by atoms with Gasteiger partial charge in [0.15, 0.2) is 0 Å². The van der Waals surface area contributed by atoms with Gasteiger partial charge in [-0.15, -0.1) is 0 Å². The molecule has 0 bridgehead atoms. The summed E-state index contributed by atoms with van der Waals surface area (Å²) in [6, 6.07) is 10.7. The SMILES string of the molecule is CC(C)(C)OC(=O)CC12CCCC1C2.CN(C)C(=O)c1cc2cnc(Nc3ccc(C(=O)N4CC5CC5(CC(=O)OC(C)(C)C)C4)cn3)nc2n1C1CCCC1.CN(C)C(=O)c1cc2cnc(Nc3ccc(C(=O)O)cn3)nc2n1C1CCCC1. The molecule has 85 heavy (non-hydrogen) atoms. The number of carboxylic acid groups (broad SMARTS) is 1. The molecule has 0 radical (unpaired) electrons. The van der Waals surface area contributed by atoms with E-state index in [0.717, 1.165) is 80.1 Å². The van der Waals surface area contributed by atoms with E-state index in [0.29, 0.717) is 83.4 Å². The van der Waals surface area contributed by atoms with Gasteiger partial charge < -0.3 is 49.0 Å². The lowest BCUT2D eigenvalue weighted by Gasteiger charge is -2.23. The van der Waals surface area contributed by atoms with Crippen LogP contribution in [0, 0.1) is 22.7 Å². The maximum atomic E-state index is 13.2. The highest BCUT2D eigenvalue weighted by Crippen LogP contribution is 2.65. The number of carboxylic acids is 1. The molecule has 1 aliphatic heterocycles. The van der Waals surface area contributed by atoms with Crippen molar-refractivity contribution in [2.45, 2.75) is 161 Å². The Morgan fingerprint density at radius 3 is 1.46 bits per heavy atom. The molecule has 6 aromatic heterocycles. The predicted molar refractivity (Wildman–Crippen MR) is 320 cm³/mol. The number of likely N-dealkylation sites (tertiary alicyclic amines) is 1. The van der Waals surface area contributed by atoms with Crippen LogP contribution >= 0.6 is 0 Å². The average molecular weight is 1160 g/mol. The minimum absolute atomic E-state index is 0.00176. The van der Waals surface area contributed by atoms with E-state index in [1.54, 1.807) is 74.8 Å². The third-order valence-electron chi connectivity index (χ3n) is 17.3. The van der Waals surface area contributed by atoms with E-state index < -0.39 is 11.6 Å². The molecule has 3 N–H and O–H groups in total. The fourth-order valence-corrected chi connectivity index (χ4v) is 13.1. The normalized spacial score (nSPS) is 21.5. The zero-order valence-electron chi connectivity index (χ0n) is 50.7. The van der Waals surface area contributed by atoms with E-state index in [-0.39, 0.29) is 58.3 Å². The van der Waals surface area contributed by atoms with Gasteiger partial charge in [-0.1, -0.05) is 32.1 Å². The molecule has 7 heterocycles. The second-order valence-electron chi connectivity index (χ2n) is 26.6. The van der Waals surface area contributed by atoms with Crippen LogP contribution in [0.1, 0.15) is 192 Å². The van der Waals surface area contributed by atoms with Crippen LogP contribution in [0.4, 0.5) is 23.5 Å². The second-order valence-corrected chi connectivity index (χ2v) is 26.6. The molecule has 5 saturated carbocycles. The summed E-state index contributed by atoms with van der Waals surface area (Å²) in [5, 5.41) is 16.8. The topological polar surface area (TPSA) is 262 Å². The summed E-state index contributed by atoms with van der Waals surface area (Å²) < 4.78 is 15.0. The van der Waals surface area contributed by atoms with Crippen LogP contribution in [-0.2, 0) is 19.1 Å². The highest BCUT2D eigenvalue weighted by molar-refractivity contribution is 5.99. The van der Waals surface area contributed by atoms with Gasteiger partial charge in [-0.2, -0.15) is 9.97 Å². The van der Waals surface area contributed by atoms with E-state index in [4.69, 9.17) is 19.6 Å². The van der Waals surface area contributed by atoms with Crippen LogP contribution < -0.4 is 10.6 Å².